The lowest BCUT2D eigenvalue weighted by Crippen LogP contribution is -2.58. The minimum absolute atomic E-state index is 0.689. The molecule has 25 heteroatoms. The van der Waals surface area contributed by atoms with Crippen LogP contribution in [0.4, 0.5) is 0 Å². The molecular weight excluding hydrogens is 716 g/mol. The standard InChI is InChI=1S/C28H48N10O15/c1-10(39)20(30)25(49)32-8-18(46)37-21(11(2)40)26(50)33-6-16(44)35-14(5-15(29)43)24(48)31-7-17(45)36-22(12(3)41)27(51)34-9-19(47)38-23(13(4)42)28(52)53/h10-14,20-23,39-42H,5-9,30H2,1-4H3,(H2,29,43)(H,31,48)(H,32,49)(H,33,50)(H,34,51)(H,35,44)(H,36,45)(H,37,46)(H,38,47)(H,52,53)/t10-,11-,12-,13-,14+,20+,21+,22+,23+/m1/s1. The van der Waals surface area contributed by atoms with E-state index in [1.807, 2.05) is 5.32 Å². The van der Waals surface area contributed by atoms with E-state index in [4.69, 9.17) is 16.6 Å². The van der Waals surface area contributed by atoms with Gasteiger partial charge in [-0.05, 0) is 27.7 Å². The largest absolute Gasteiger partial charge is 0.480 e. The Hall–Kier alpha value is -5.50. The fourth-order valence-electron chi connectivity index (χ4n) is 3.88. The highest BCUT2D eigenvalue weighted by Crippen LogP contribution is 1.98. The fourth-order valence-corrected chi connectivity index (χ4v) is 3.88. The number of carbonyl (C=O) groups excluding carboxylic acids is 9. The van der Waals surface area contributed by atoms with E-state index in [2.05, 4.69) is 37.2 Å². The third-order valence-electron chi connectivity index (χ3n) is 6.80. The number of primary amides is 1. The monoisotopic (exact) mass is 764 g/mol. The third-order valence-corrected chi connectivity index (χ3v) is 6.80. The second kappa shape index (κ2) is 23.1. The number of amides is 9. The molecule has 0 saturated carbocycles. The zero-order valence-electron chi connectivity index (χ0n) is 29.2. The van der Waals surface area contributed by atoms with Crippen LogP contribution >= 0.6 is 0 Å². The van der Waals surface area contributed by atoms with Gasteiger partial charge >= 0.3 is 5.97 Å². The first-order chi connectivity index (χ1) is 24.5. The van der Waals surface area contributed by atoms with Crippen LogP contribution in [-0.4, -0.2) is 165 Å². The molecule has 0 bridgehead atoms. The maximum Gasteiger partial charge on any atom is 0.328 e. The van der Waals surface area contributed by atoms with Gasteiger partial charge in [0.15, 0.2) is 6.04 Å². The van der Waals surface area contributed by atoms with Crippen LogP contribution in [0.3, 0.4) is 0 Å². The highest BCUT2D eigenvalue weighted by atomic mass is 16.4. The Morgan fingerprint density at radius 1 is 0.491 bits per heavy atom. The van der Waals surface area contributed by atoms with E-state index >= 15 is 0 Å². The molecule has 0 radical (unpaired) electrons. The van der Waals surface area contributed by atoms with Gasteiger partial charge in [-0.25, -0.2) is 4.79 Å². The minimum atomic E-state index is -1.70. The highest BCUT2D eigenvalue weighted by molar-refractivity contribution is 5.97. The van der Waals surface area contributed by atoms with Crippen LogP contribution < -0.4 is 54.0 Å². The van der Waals surface area contributed by atoms with Crippen LogP contribution in [0.25, 0.3) is 0 Å². The number of nitrogens with two attached hydrogens (primary N) is 2. The number of aliphatic hydroxyl groups is 4. The highest BCUT2D eigenvalue weighted by Gasteiger charge is 2.30. The van der Waals surface area contributed by atoms with Crippen molar-refractivity contribution in [1.29, 1.82) is 0 Å². The summed E-state index contributed by atoms with van der Waals surface area (Å²) >= 11 is 0. The van der Waals surface area contributed by atoms with Gasteiger partial charge in [0.2, 0.25) is 53.2 Å². The number of carboxylic acids is 1. The quantitative estimate of drug-likeness (QED) is 0.0459. The van der Waals surface area contributed by atoms with Crippen molar-refractivity contribution in [1.82, 2.24) is 42.5 Å². The Morgan fingerprint density at radius 2 is 0.811 bits per heavy atom. The molecule has 0 aromatic rings. The molecule has 0 rings (SSSR count). The second-order valence-corrected chi connectivity index (χ2v) is 11.6. The summed E-state index contributed by atoms with van der Waals surface area (Å²) in [7, 11) is 0. The first kappa shape index (κ1) is 47.5. The van der Waals surface area contributed by atoms with Gasteiger partial charge in [-0.3, -0.25) is 43.2 Å². The molecule has 25 nitrogen and oxygen atoms in total. The van der Waals surface area contributed by atoms with Crippen molar-refractivity contribution in [2.75, 3.05) is 26.2 Å². The van der Waals surface area contributed by atoms with Crippen molar-refractivity contribution in [2.45, 2.75) is 88.7 Å². The average molecular weight is 765 g/mol. The van der Waals surface area contributed by atoms with E-state index in [1.54, 1.807) is 0 Å². The first-order valence-electron chi connectivity index (χ1n) is 15.8. The lowest BCUT2D eigenvalue weighted by atomic mass is 10.1. The topological polar surface area (TPSA) is 420 Å². The number of aliphatic hydroxyl groups excluding tert-OH is 4. The van der Waals surface area contributed by atoms with Crippen molar-refractivity contribution in [3.63, 3.8) is 0 Å². The first-order valence-corrected chi connectivity index (χ1v) is 15.8. The SMILES string of the molecule is C[C@@H](O)[C@H](N)C(=O)NCC(=O)N[C@H](C(=O)NCC(=O)N[C@@H](CC(N)=O)C(=O)NCC(=O)N[C@H](C(=O)NCC(=O)N[C@H](C(=O)O)[C@@H](C)O)[C@@H](C)O)[C@@H](C)O. The van der Waals surface area contributed by atoms with Gasteiger partial charge in [-0.2, -0.15) is 0 Å². The molecule has 0 spiro atoms. The maximum atomic E-state index is 12.7. The number of hydrogen-bond acceptors (Lipinski definition) is 15. The molecule has 9 atom stereocenters. The second-order valence-electron chi connectivity index (χ2n) is 11.6. The molecule has 0 unspecified atom stereocenters. The van der Waals surface area contributed by atoms with Gasteiger partial charge in [-0.1, -0.05) is 0 Å². The zero-order chi connectivity index (χ0) is 41.2. The zero-order valence-corrected chi connectivity index (χ0v) is 29.2. The predicted molar refractivity (Wildman–Crippen MR) is 176 cm³/mol. The van der Waals surface area contributed by atoms with E-state index < -0.39 is 146 Å². The molecule has 9 amide bonds. The van der Waals surface area contributed by atoms with E-state index in [1.165, 1.54) is 6.92 Å². The van der Waals surface area contributed by atoms with E-state index in [0.29, 0.717) is 0 Å². The van der Waals surface area contributed by atoms with Crippen LogP contribution in [0.15, 0.2) is 0 Å². The molecule has 0 aliphatic carbocycles. The van der Waals surface area contributed by atoms with E-state index in [-0.39, 0.29) is 0 Å². The Kier molecular flexibility index (Phi) is 20.7. The summed E-state index contributed by atoms with van der Waals surface area (Å²) in [5, 5.41) is 64.3. The van der Waals surface area contributed by atoms with Crippen LogP contribution in [0, 0.1) is 0 Å². The van der Waals surface area contributed by atoms with Crippen LogP contribution in [0.5, 0.6) is 0 Å². The van der Waals surface area contributed by atoms with Gasteiger partial charge in [-0.15, -0.1) is 0 Å². The average Bonchev–Trinajstić information content (AvgIpc) is 3.05. The summed E-state index contributed by atoms with van der Waals surface area (Å²) in [4.78, 5) is 121. The lowest BCUT2D eigenvalue weighted by Gasteiger charge is -2.22. The number of hydrogen-bond donors (Lipinski definition) is 15. The van der Waals surface area contributed by atoms with Crippen molar-refractivity contribution in [2.24, 2.45) is 11.5 Å². The molecule has 0 fully saturated rings. The molecular formula is C28H48N10O15. The van der Waals surface area contributed by atoms with Crippen molar-refractivity contribution >= 4 is 59.1 Å². The Morgan fingerprint density at radius 3 is 1.13 bits per heavy atom. The number of nitrogens with one attached hydrogen (secondary N) is 8. The van der Waals surface area contributed by atoms with Gasteiger partial charge in [0.25, 0.3) is 0 Å². The van der Waals surface area contributed by atoms with Crippen LogP contribution in [0.2, 0.25) is 0 Å². The summed E-state index contributed by atoms with van der Waals surface area (Å²) in [6.45, 7) is 1.34. The normalized spacial score (nSPS) is 15.9. The van der Waals surface area contributed by atoms with Crippen LogP contribution in [-0.2, 0) is 47.9 Å². The summed E-state index contributed by atoms with van der Waals surface area (Å²) in [6, 6.07) is -8.04. The summed E-state index contributed by atoms with van der Waals surface area (Å²) in [6.07, 6.45) is -6.55. The predicted octanol–water partition coefficient (Wildman–Crippen LogP) is -9.80. The summed E-state index contributed by atoms with van der Waals surface area (Å²) in [5.41, 5.74) is 10.6. The molecule has 300 valence electrons. The fraction of sp³-hybridized carbons (Fsp3) is 0.643. The van der Waals surface area contributed by atoms with Crippen molar-refractivity contribution in [3.8, 4) is 0 Å². The third kappa shape index (κ3) is 18.5. The molecule has 53 heavy (non-hydrogen) atoms. The van der Waals surface area contributed by atoms with E-state index in [9.17, 15) is 68.4 Å². The molecule has 0 aliphatic heterocycles. The van der Waals surface area contributed by atoms with Crippen molar-refractivity contribution in [3.05, 3.63) is 0 Å². The Balaban J connectivity index is 5.19. The molecule has 0 aromatic carbocycles. The number of carboxylic acid groups (broad SMARTS) is 1. The Bertz CT molecular complexity index is 1360. The number of rotatable bonds is 23. The maximum absolute atomic E-state index is 12.7. The number of aliphatic carboxylic acids is 1. The summed E-state index contributed by atoms with van der Waals surface area (Å²) in [5.74, 6) is -10.9. The van der Waals surface area contributed by atoms with E-state index in [0.717, 1.165) is 20.8 Å². The van der Waals surface area contributed by atoms with Gasteiger partial charge < -0.3 is 79.5 Å². The van der Waals surface area contributed by atoms with Gasteiger partial charge in [0.1, 0.15) is 24.2 Å². The number of carbonyl (C=O) groups is 10. The van der Waals surface area contributed by atoms with Crippen molar-refractivity contribution < 1.29 is 73.5 Å². The molecule has 17 N–H and O–H groups in total. The van der Waals surface area contributed by atoms with Gasteiger partial charge in [0.05, 0.1) is 57.0 Å². The summed E-state index contributed by atoms with van der Waals surface area (Å²) < 4.78 is 0. The molecule has 0 aromatic heterocycles. The minimum Gasteiger partial charge on any atom is -0.480 e. The van der Waals surface area contributed by atoms with Gasteiger partial charge in [0, 0.05) is 0 Å². The lowest BCUT2D eigenvalue weighted by molar-refractivity contribution is -0.144. The molecule has 0 aliphatic rings. The smallest absolute Gasteiger partial charge is 0.328 e. The Labute approximate surface area is 301 Å². The van der Waals surface area contributed by atoms with Crippen LogP contribution in [0.1, 0.15) is 34.1 Å². The molecule has 0 heterocycles. The molecule has 0 saturated heterocycles.